The average Bonchev–Trinajstić information content (AvgIpc) is 2.94. The highest BCUT2D eigenvalue weighted by atomic mass is 16.4. The largest absolute Gasteiger partial charge is 0.394 e. The number of anilines is 1. The number of rotatable bonds is 6. The number of imidazole rings is 1. The van der Waals surface area contributed by atoms with E-state index in [-0.39, 0.29) is 0 Å². The summed E-state index contributed by atoms with van der Waals surface area (Å²) in [5.74, 6) is 0.341. The normalized spacial score (nSPS) is 16.4. The van der Waals surface area contributed by atoms with Crippen molar-refractivity contribution in [1.82, 2.24) is 19.9 Å². The Balaban J connectivity index is 2.01. The summed E-state index contributed by atoms with van der Waals surface area (Å²) in [6, 6.07) is 0. The topological polar surface area (TPSA) is 160 Å². The van der Waals surface area contributed by atoms with Gasteiger partial charge in [0.1, 0.15) is 30.2 Å². The number of hydrogen-bond donors (Lipinski definition) is 6. The van der Waals surface area contributed by atoms with Gasteiger partial charge in [-0.15, -0.1) is 0 Å². The third-order valence-corrected chi connectivity index (χ3v) is 2.55. The second-order valence-corrected chi connectivity index (χ2v) is 3.94. The summed E-state index contributed by atoms with van der Waals surface area (Å²) < 4.78 is 0. The molecule has 0 spiro atoms. The van der Waals surface area contributed by atoms with Gasteiger partial charge in [0.05, 0.1) is 19.1 Å². The highest BCUT2D eigenvalue weighted by Gasteiger charge is 2.22. The van der Waals surface area contributed by atoms with E-state index in [2.05, 4.69) is 30.5 Å². The molecule has 2 heterocycles. The molecule has 0 radical (unpaired) electrons. The first-order chi connectivity index (χ1) is 9.63. The highest BCUT2D eigenvalue weighted by molar-refractivity contribution is 5.82. The Kier molecular flexibility index (Phi) is 4.53. The highest BCUT2D eigenvalue weighted by Crippen LogP contribution is 2.13. The molecule has 10 nitrogen and oxygen atoms in total. The van der Waals surface area contributed by atoms with Crippen LogP contribution in [-0.2, 0) is 0 Å². The zero-order chi connectivity index (χ0) is 14.5. The van der Waals surface area contributed by atoms with Gasteiger partial charge < -0.3 is 25.4 Å². The molecule has 20 heavy (non-hydrogen) atoms. The van der Waals surface area contributed by atoms with Gasteiger partial charge in [0.2, 0.25) is 0 Å². The summed E-state index contributed by atoms with van der Waals surface area (Å²) in [6.45, 7) is -0.666. The van der Waals surface area contributed by atoms with Crippen molar-refractivity contribution in [2.75, 3.05) is 12.0 Å². The molecular weight excluding hydrogens is 268 g/mol. The fourth-order valence-corrected chi connectivity index (χ4v) is 1.45. The van der Waals surface area contributed by atoms with Gasteiger partial charge in [-0.1, -0.05) is 0 Å². The van der Waals surface area contributed by atoms with Crippen molar-refractivity contribution in [3.63, 3.8) is 0 Å². The number of aliphatic hydroxyl groups excluding tert-OH is 4. The van der Waals surface area contributed by atoms with Gasteiger partial charge in [-0.3, -0.25) is 5.43 Å². The van der Waals surface area contributed by atoms with E-state index >= 15 is 0 Å². The van der Waals surface area contributed by atoms with Gasteiger partial charge in [-0.2, -0.15) is 5.10 Å². The zero-order valence-corrected chi connectivity index (χ0v) is 10.2. The summed E-state index contributed by atoms with van der Waals surface area (Å²) in [7, 11) is 0. The van der Waals surface area contributed by atoms with E-state index in [0.29, 0.717) is 17.0 Å². The van der Waals surface area contributed by atoms with Crippen LogP contribution in [0.1, 0.15) is 0 Å². The van der Waals surface area contributed by atoms with Crippen LogP contribution in [0.2, 0.25) is 0 Å². The lowest BCUT2D eigenvalue weighted by Crippen LogP contribution is -2.40. The summed E-state index contributed by atoms with van der Waals surface area (Å²) >= 11 is 0. The second-order valence-electron chi connectivity index (χ2n) is 3.94. The van der Waals surface area contributed by atoms with E-state index in [9.17, 15) is 10.2 Å². The Morgan fingerprint density at radius 3 is 2.85 bits per heavy atom. The van der Waals surface area contributed by atoms with E-state index in [1.807, 2.05) is 0 Å². The summed E-state index contributed by atoms with van der Waals surface area (Å²) in [4.78, 5) is 14.6. The Morgan fingerprint density at radius 1 is 1.30 bits per heavy atom. The van der Waals surface area contributed by atoms with Gasteiger partial charge in [0, 0.05) is 0 Å². The predicted molar refractivity (Wildman–Crippen MR) is 68.9 cm³/mol. The number of aromatic amines is 1. The standard InChI is InChI=1S/C10H14N6O4/c17-2-6(19)8(20)5(18)1-15-16-10-7-9(12-3-11-7)13-4-14-10/h1,3-6,8,17-20H,2H2,(H2,11,12,13,14,16)/b15-1-. The lowest BCUT2D eigenvalue weighted by atomic mass is 10.1. The van der Waals surface area contributed by atoms with Crippen molar-refractivity contribution in [3.8, 4) is 0 Å². The van der Waals surface area contributed by atoms with Gasteiger partial charge in [-0.05, 0) is 0 Å². The maximum Gasteiger partial charge on any atom is 0.182 e. The second kappa shape index (κ2) is 6.34. The average molecular weight is 282 g/mol. The molecule has 0 aliphatic heterocycles. The van der Waals surface area contributed by atoms with E-state index in [4.69, 9.17) is 10.2 Å². The minimum absolute atomic E-state index is 0.341. The third-order valence-electron chi connectivity index (χ3n) is 2.55. The Hall–Kier alpha value is -2.14. The number of hydrogen-bond acceptors (Lipinski definition) is 9. The molecule has 0 fully saturated rings. The SMILES string of the molecule is OCC(O)C(O)C(O)/C=N\Nc1ncnc2nc[nH]c12. The molecule has 108 valence electrons. The maximum atomic E-state index is 9.51. The molecule has 0 saturated heterocycles. The number of hydrazone groups is 1. The molecule has 10 heteroatoms. The smallest absolute Gasteiger partial charge is 0.182 e. The Morgan fingerprint density at radius 2 is 2.10 bits per heavy atom. The number of nitrogens with zero attached hydrogens (tertiary/aromatic N) is 4. The molecule has 2 aromatic heterocycles. The fourth-order valence-electron chi connectivity index (χ4n) is 1.45. The first-order valence-corrected chi connectivity index (χ1v) is 5.71. The van der Waals surface area contributed by atoms with Crippen LogP contribution in [0, 0.1) is 0 Å². The zero-order valence-electron chi connectivity index (χ0n) is 10.2. The van der Waals surface area contributed by atoms with Gasteiger partial charge in [-0.25, -0.2) is 15.0 Å². The van der Waals surface area contributed by atoms with Crippen LogP contribution in [0.5, 0.6) is 0 Å². The van der Waals surface area contributed by atoms with Gasteiger partial charge in [0.25, 0.3) is 0 Å². The minimum Gasteiger partial charge on any atom is -0.394 e. The summed E-state index contributed by atoms with van der Waals surface area (Å²) in [5.41, 5.74) is 3.54. The first kappa shape index (κ1) is 14.3. The molecule has 0 aliphatic carbocycles. The van der Waals surface area contributed by atoms with Crippen LogP contribution < -0.4 is 5.43 Å². The summed E-state index contributed by atoms with van der Waals surface area (Å²) in [5, 5.41) is 40.4. The predicted octanol–water partition coefficient (Wildman–Crippen LogP) is -2.17. The third kappa shape index (κ3) is 3.05. The number of aliphatic hydroxyl groups is 4. The molecule has 0 bridgehead atoms. The van der Waals surface area contributed by atoms with Crippen molar-refractivity contribution in [3.05, 3.63) is 12.7 Å². The van der Waals surface area contributed by atoms with E-state index in [1.54, 1.807) is 0 Å². The molecule has 2 aromatic rings. The molecule has 0 saturated carbocycles. The van der Waals surface area contributed by atoms with Crippen molar-refractivity contribution < 1.29 is 20.4 Å². The number of nitrogens with one attached hydrogen (secondary N) is 2. The van der Waals surface area contributed by atoms with Crippen molar-refractivity contribution in [1.29, 1.82) is 0 Å². The first-order valence-electron chi connectivity index (χ1n) is 5.71. The molecule has 0 amide bonds. The van der Waals surface area contributed by atoms with Crippen LogP contribution in [0.3, 0.4) is 0 Å². The van der Waals surface area contributed by atoms with Crippen LogP contribution in [-0.4, -0.2) is 71.5 Å². The van der Waals surface area contributed by atoms with Crippen LogP contribution in [0.25, 0.3) is 11.2 Å². The Labute approximate surface area is 112 Å². The lowest BCUT2D eigenvalue weighted by Gasteiger charge is -2.17. The molecule has 0 aromatic carbocycles. The Bertz CT molecular complexity index is 588. The van der Waals surface area contributed by atoms with Crippen LogP contribution >= 0.6 is 0 Å². The maximum absolute atomic E-state index is 9.51. The fraction of sp³-hybridized carbons (Fsp3) is 0.400. The molecule has 3 unspecified atom stereocenters. The van der Waals surface area contributed by atoms with E-state index in [0.717, 1.165) is 6.21 Å². The quantitative estimate of drug-likeness (QED) is 0.258. The number of fused-ring (bicyclic) bond motifs is 1. The van der Waals surface area contributed by atoms with Gasteiger partial charge >= 0.3 is 0 Å². The summed E-state index contributed by atoms with van der Waals surface area (Å²) in [6.07, 6.45) is -0.707. The van der Waals surface area contributed by atoms with Crippen molar-refractivity contribution >= 4 is 23.2 Å². The van der Waals surface area contributed by atoms with Crippen LogP contribution in [0.4, 0.5) is 5.82 Å². The molecule has 2 rings (SSSR count). The minimum atomic E-state index is -1.54. The lowest BCUT2D eigenvalue weighted by molar-refractivity contribution is -0.0541. The number of aromatic nitrogens is 4. The molecule has 0 aliphatic rings. The van der Waals surface area contributed by atoms with Crippen LogP contribution in [0.15, 0.2) is 17.8 Å². The monoisotopic (exact) mass is 282 g/mol. The molecule has 3 atom stereocenters. The number of H-pyrrole nitrogens is 1. The molecule has 6 N–H and O–H groups in total. The molecular formula is C10H14N6O4. The van der Waals surface area contributed by atoms with Crippen molar-refractivity contribution in [2.24, 2.45) is 5.10 Å². The van der Waals surface area contributed by atoms with E-state index < -0.39 is 24.9 Å². The van der Waals surface area contributed by atoms with E-state index in [1.165, 1.54) is 12.7 Å². The van der Waals surface area contributed by atoms with Gasteiger partial charge in [0.15, 0.2) is 11.5 Å². The van der Waals surface area contributed by atoms with Crippen molar-refractivity contribution in [2.45, 2.75) is 18.3 Å².